The maximum atomic E-state index is 13.4. The van der Waals surface area contributed by atoms with Crippen molar-refractivity contribution in [3.8, 4) is 5.75 Å². The van der Waals surface area contributed by atoms with E-state index in [9.17, 15) is 9.59 Å². The van der Waals surface area contributed by atoms with Gasteiger partial charge in [-0.1, -0.05) is 26.0 Å². The second-order valence-corrected chi connectivity index (χ2v) is 9.17. The molecule has 0 saturated carbocycles. The second kappa shape index (κ2) is 9.21. The zero-order valence-corrected chi connectivity index (χ0v) is 19.1. The minimum atomic E-state index is -0.194. The fourth-order valence-corrected chi connectivity index (χ4v) is 4.22. The Hall–Kier alpha value is -2.34. The maximum Gasteiger partial charge on any atom is 0.277 e. The van der Waals surface area contributed by atoms with Crippen LogP contribution in [-0.2, 0) is 9.59 Å². The van der Waals surface area contributed by atoms with Gasteiger partial charge in [0, 0.05) is 19.6 Å². The molecule has 1 aromatic rings. The molecule has 3 rings (SSSR count). The van der Waals surface area contributed by atoms with E-state index in [1.807, 2.05) is 59.0 Å². The van der Waals surface area contributed by atoms with Crippen molar-refractivity contribution in [2.24, 2.45) is 5.92 Å². The standard InChI is InChI=1S/C24H35N3O3/c1-16(2)15-27-23(28)21(18-7-9-20(10-8-18)30-17(3)4)22(24(27)29)26(6)19-11-13-25(5)14-12-19/h7-10,16-17,19H,11-15H2,1-6H3. The SMILES string of the molecule is CC(C)CN1C(=O)C(c2ccc(OC(C)C)cc2)=C(N(C)C2CCN(C)CC2)C1=O. The fraction of sp³-hybridized carbons (Fsp3) is 0.583. The van der Waals surface area contributed by atoms with Crippen LogP contribution >= 0.6 is 0 Å². The number of likely N-dealkylation sites (tertiary alicyclic amines) is 1. The molecule has 6 nitrogen and oxygen atoms in total. The van der Waals surface area contributed by atoms with Gasteiger partial charge in [-0.05, 0) is 70.4 Å². The first kappa shape index (κ1) is 22.3. The first-order valence-corrected chi connectivity index (χ1v) is 11.0. The number of ether oxygens (including phenoxy) is 1. The van der Waals surface area contributed by atoms with Crippen molar-refractivity contribution in [2.45, 2.75) is 52.7 Å². The fourth-order valence-electron chi connectivity index (χ4n) is 4.22. The van der Waals surface area contributed by atoms with Crippen LogP contribution in [0.5, 0.6) is 5.75 Å². The number of hydrogen-bond donors (Lipinski definition) is 0. The molecule has 2 aliphatic heterocycles. The summed E-state index contributed by atoms with van der Waals surface area (Å²) in [6.45, 7) is 10.4. The third-order valence-electron chi connectivity index (χ3n) is 5.79. The highest BCUT2D eigenvalue weighted by molar-refractivity contribution is 6.35. The molecular formula is C24H35N3O3. The van der Waals surface area contributed by atoms with E-state index in [1.165, 1.54) is 4.90 Å². The molecule has 0 atom stereocenters. The van der Waals surface area contributed by atoms with Gasteiger partial charge in [0.2, 0.25) is 0 Å². The Labute approximate surface area is 180 Å². The van der Waals surface area contributed by atoms with E-state index in [4.69, 9.17) is 4.74 Å². The first-order valence-electron chi connectivity index (χ1n) is 11.0. The number of piperidine rings is 1. The molecule has 2 amide bonds. The zero-order chi connectivity index (χ0) is 22.0. The smallest absolute Gasteiger partial charge is 0.277 e. The predicted octanol–water partition coefficient (Wildman–Crippen LogP) is 3.24. The minimum absolute atomic E-state index is 0.0809. The van der Waals surface area contributed by atoms with Gasteiger partial charge in [0.05, 0.1) is 11.7 Å². The van der Waals surface area contributed by atoms with Crippen LogP contribution in [0, 0.1) is 5.92 Å². The average Bonchev–Trinajstić information content (AvgIpc) is 2.92. The van der Waals surface area contributed by atoms with Gasteiger partial charge in [0.25, 0.3) is 11.8 Å². The number of imide groups is 1. The molecule has 2 aliphatic rings. The van der Waals surface area contributed by atoms with Gasteiger partial charge >= 0.3 is 0 Å². The molecule has 0 spiro atoms. The summed E-state index contributed by atoms with van der Waals surface area (Å²) in [6, 6.07) is 7.78. The minimum Gasteiger partial charge on any atom is -0.491 e. The van der Waals surface area contributed by atoms with Crippen LogP contribution < -0.4 is 4.74 Å². The van der Waals surface area contributed by atoms with Crippen LogP contribution in [0.15, 0.2) is 30.0 Å². The van der Waals surface area contributed by atoms with E-state index in [2.05, 4.69) is 16.8 Å². The summed E-state index contributed by atoms with van der Waals surface area (Å²) in [5, 5.41) is 0. The molecule has 6 heteroatoms. The van der Waals surface area contributed by atoms with Gasteiger partial charge in [0.1, 0.15) is 11.4 Å². The van der Waals surface area contributed by atoms with Crippen LogP contribution in [0.25, 0.3) is 5.57 Å². The maximum absolute atomic E-state index is 13.4. The molecule has 1 aromatic carbocycles. The lowest BCUT2D eigenvalue weighted by Crippen LogP contribution is -2.44. The van der Waals surface area contributed by atoms with Crippen molar-refractivity contribution in [2.75, 3.05) is 33.7 Å². The third kappa shape index (κ3) is 4.69. The monoisotopic (exact) mass is 413 g/mol. The lowest BCUT2D eigenvalue weighted by atomic mass is 10.00. The average molecular weight is 414 g/mol. The topological polar surface area (TPSA) is 53.1 Å². The zero-order valence-electron chi connectivity index (χ0n) is 19.1. The highest BCUT2D eigenvalue weighted by Gasteiger charge is 2.42. The highest BCUT2D eigenvalue weighted by Crippen LogP contribution is 2.34. The van der Waals surface area contributed by atoms with Gasteiger partial charge in [-0.15, -0.1) is 0 Å². The Morgan fingerprint density at radius 2 is 1.63 bits per heavy atom. The number of hydrogen-bond acceptors (Lipinski definition) is 5. The molecule has 1 fully saturated rings. The molecule has 164 valence electrons. The van der Waals surface area contributed by atoms with Crippen LogP contribution in [0.1, 0.15) is 46.1 Å². The Bertz CT molecular complexity index is 805. The number of rotatable bonds is 7. The molecule has 0 N–H and O–H groups in total. The van der Waals surface area contributed by atoms with Gasteiger partial charge < -0.3 is 14.5 Å². The second-order valence-electron chi connectivity index (χ2n) is 9.17. The molecule has 0 aliphatic carbocycles. The summed E-state index contributed by atoms with van der Waals surface area (Å²) in [4.78, 5) is 32.5. The summed E-state index contributed by atoms with van der Waals surface area (Å²) in [6.07, 6.45) is 2.05. The first-order chi connectivity index (χ1) is 14.2. The summed E-state index contributed by atoms with van der Waals surface area (Å²) in [5.74, 6) is 0.609. The van der Waals surface area contributed by atoms with Gasteiger partial charge in [-0.25, -0.2) is 0 Å². The number of nitrogens with zero attached hydrogens (tertiary/aromatic N) is 3. The van der Waals surface area contributed by atoms with Gasteiger partial charge in [-0.2, -0.15) is 0 Å². The van der Waals surface area contributed by atoms with E-state index >= 15 is 0 Å². The molecule has 0 aromatic heterocycles. The summed E-state index contributed by atoms with van der Waals surface area (Å²) >= 11 is 0. The Morgan fingerprint density at radius 1 is 1.03 bits per heavy atom. The number of benzene rings is 1. The largest absolute Gasteiger partial charge is 0.491 e. The van der Waals surface area contributed by atoms with Gasteiger partial charge in [-0.3, -0.25) is 14.5 Å². The van der Waals surface area contributed by atoms with Crippen LogP contribution in [-0.4, -0.2) is 72.4 Å². The summed E-state index contributed by atoms with van der Waals surface area (Å²) in [5.41, 5.74) is 1.82. The van der Waals surface area contributed by atoms with Gasteiger partial charge in [0.15, 0.2) is 0 Å². The van der Waals surface area contributed by atoms with Crippen molar-refractivity contribution in [1.82, 2.24) is 14.7 Å². The van der Waals surface area contributed by atoms with Crippen LogP contribution in [0.2, 0.25) is 0 Å². The molecule has 0 radical (unpaired) electrons. The number of carbonyl (C=O) groups excluding carboxylic acids is 2. The Morgan fingerprint density at radius 3 is 2.17 bits per heavy atom. The lowest BCUT2D eigenvalue weighted by molar-refractivity contribution is -0.138. The summed E-state index contributed by atoms with van der Waals surface area (Å²) in [7, 11) is 4.09. The van der Waals surface area contributed by atoms with E-state index in [1.54, 1.807) is 0 Å². The van der Waals surface area contributed by atoms with E-state index in [-0.39, 0.29) is 29.9 Å². The van der Waals surface area contributed by atoms with E-state index < -0.39 is 0 Å². The number of carbonyl (C=O) groups is 2. The molecule has 0 bridgehead atoms. The Balaban J connectivity index is 1.98. The van der Waals surface area contributed by atoms with Crippen molar-refractivity contribution in [3.05, 3.63) is 35.5 Å². The molecule has 0 unspecified atom stereocenters. The van der Waals surface area contributed by atoms with Crippen LogP contribution in [0.4, 0.5) is 0 Å². The van der Waals surface area contributed by atoms with E-state index in [0.717, 1.165) is 37.2 Å². The summed E-state index contributed by atoms with van der Waals surface area (Å²) < 4.78 is 5.74. The molecular weight excluding hydrogens is 378 g/mol. The normalized spacial score (nSPS) is 18.9. The lowest BCUT2D eigenvalue weighted by Gasteiger charge is -2.36. The highest BCUT2D eigenvalue weighted by atomic mass is 16.5. The van der Waals surface area contributed by atoms with E-state index in [0.29, 0.717) is 17.8 Å². The predicted molar refractivity (Wildman–Crippen MR) is 119 cm³/mol. The Kier molecular flexibility index (Phi) is 6.86. The van der Waals surface area contributed by atoms with Crippen molar-refractivity contribution in [1.29, 1.82) is 0 Å². The van der Waals surface area contributed by atoms with Crippen LogP contribution in [0.3, 0.4) is 0 Å². The third-order valence-corrected chi connectivity index (χ3v) is 5.79. The number of amides is 2. The number of likely N-dealkylation sites (N-methyl/N-ethyl adjacent to an activating group) is 1. The molecule has 30 heavy (non-hydrogen) atoms. The van der Waals surface area contributed by atoms with Crippen molar-refractivity contribution >= 4 is 17.4 Å². The molecule has 2 heterocycles. The van der Waals surface area contributed by atoms with Crippen molar-refractivity contribution in [3.63, 3.8) is 0 Å². The quantitative estimate of drug-likeness (QED) is 0.643. The van der Waals surface area contributed by atoms with Crippen molar-refractivity contribution < 1.29 is 14.3 Å². The molecule has 1 saturated heterocycles.